The number of hydrogen-bond donors (Lipinski definition) is 1. The van der Waals surface area contributed by atoms with Gasteiger partial charge in [-0.05, 0) is 31.5 Å². The van der Waals surface area contributed by atoms with Gasteiger partial charge in [0.05, 0.1) is 28.1 Å². The van der Waals surface area contributed by atoms with Crippen LogP contribution in [-0.2, 0) is 19.9 Å². The Morgan fingerprint density at radius 2 is 2.14 bits per heavy atom. The molecule has 1 atom stereocenters. The quantitative estimate of drug-likeness (QED) is 0.853. The molecule has 0 fully saturated rings. The van der Waals surface area contributed by atoms with Crippen LogP contribution in [0.5, 0.6) is 0 Å². The van der Waals surface area contributed by atoms with Crippen molar-refractivity contribution >= 4 is 11.6 Å². The van der Waals surface area contributed by atoms with Crippen LogP contribution in [0.4, 0.5) is 0 Å². The molecule has 0 radical (unpaired) electrons. The molecule has 21 heavy (non-hydrogen) atoms. The van der Waals surface area contributed by atoms with Crippen molar-refractivity contribution in [2.75, 3.05) is 6.54 Å². The van der Waals surface area contributed by atoms with Gasteiger partial charge in [0.25, 0.3) is 0 Å². The predicted molar refractivity (Wildman–Crippen MR) is 86.6 cm³/mol. The second-order valence-electron chi connectivity index (χ2n) is 5.15. The minimum Gasteiger partial charge on any atom is -0.308 e. The Balaban J connectivity index is 2.25. The summed E-state index contributed by atoms with van der Waals surface area (Å²) in [5.41, 5.74) is 3.07. The third kappa shape index (κ3) is 3.83. The molecule has 5 heteroatoms. The van der Waals surface area contributed by atoms with Gasteiger partial charge in [-0.15, -0.1) is 0 Å². The zero-order valence-corrected chi connectivity index (χ0v) is 13.7. The summed E-state index contributed by atoms with van der Waals surface area (Å²) in [4.78, 5) is 4.48. The summed E-state index contributed by atoms with van der Waals surface area (Å²) < 4.78 is 1.89. The Morgan fingerprint density at radius 1 is 1.33 bits per heavy atom. The minimum absolute atomic E-state index is 0.156. The topological polar surface area (TPSA) is 42.7 Å². The Bertz CT molecular complexity index is 565. The highest BCUT2D eigenvalue weighted by atomic mass is 35.5. The summed E-state index contributed by atoms with van der Waals surface area (Å²) in [6, 6.07) is 6.17. The van der Waals surface area contributed by atoms with E-state index in [2.05, 4.69) is 35.3 Å². The lowest BCUT2D eigenvalue weighted by molar-refractivity contribution is 0.502. The van der Waals surface area contributed by atoms with Crippen LogP contribution < -0.4 is 5.32 Å². The average Bonchev–Trinajstić information content (AvgIpc) is 2.79. The molecule has 2 aromatic rings. The van der Waals surface area contributed by atoms with Gasteiger partial charge in [0.15, 0.2) is 0 Å². The first-order chi connectivity index (χ1) is 10.2. The molecule has 0 aliphatic carbocycles. The van der Waals surface area contributed by atoms with Crippen molar-refractivity contribution in [3.05, 3.63) is 46.5 Å². The number of aromatic nitrogens is 3. The fourth-order valence-corrected chi connectivity index (χ4v) is 2.79. The Kier molecular flexibility index (Phi) is 5.76. The van der Waals surface area contributed by atoms with E-state index in [1.54, 1.807) is 0 Å². The smallest absolute Gasteiger partial charge is 0.0850 e. The zero-order chi connectivity index (χ0) is 15.2. The van der Waals surface area contributed by atoms with Gasteiger partial charge in [-0.3, -0.25) is 9.67 Å². The highest BCUT2D eigenvalue weighted by molar-refractivity contribution is 6.31. The molecule has 1 unspecified atom stereocenters. The van der Waals surface area contributed by atoms with Crippen molar-refractivity contribution in [2.24, 2.45) is 7.05 Å². The summed E-state index contributed by atoms with van der Waals surface area (Å²) in [6.45, 7) is 5.19. The fourth-order valence-electron chi connectivity index (χ4n) is 2.42. The number of aryl methyl sites for hydroxylation is 2. The molecule has 0 aliphatic rings. The molecule has 0 saturated carbocycles. The summed E-state index contributed by atoms with van der Waals surface area (Å²) in [6.07, 6.45) is 4.56. The van der Waals surface area contributed by atoms with Crippen molar-refractivity contribution in [3.63, 3.8) is 0 Å². The molecule has 0 spiro atoms. The van der Waals surface area contributed by atoms with Gasteiger partial charge in [0.2, 0.25) is 0 Å². The number of pyridine rings is 1. The van der Waals surface area contributed by atoms with E-state index >= 15 is 0 Å². The van der Waals surface area contributed by atoms with Crippen molar-refractivity contribution in [3.8, 4) is 0 Å². The predicted octanol–water partition coefficient (Wildman–Crippen LogP) is 3.31. The van der Waals surface area contributed by atoms with Crippen LogP contribution in [-0.4, -0.2) is 21.3 Å². The third-order valence-electron chi connectivity index (χ3n) is 3.59. The molecule has 0 saturated heterocycles. The Morgan fingerprint density at radius 3 is 2.71 bits per heavy atom. The molecule has 0 aliphatic heterocycles. The molecular formula is C16H23ClN4. The second-order valence-corrected chi connectivity index (χ2v) is 5.53. The first-order valence-corrected chi connectivity index (χ1v) is 7.89. The first-order valence-electron chi connectivity index (χ1n) is 7.51. The summed E-state index contributed by atoms with van der Waals surface area (Å²) in [5, 5.41) is 8.84. The molecule has 1 N–H and O–H groups in total. The van der Waals surface area contributed by atoms with Crippen LogP contribution in [0.3, 0.4) is 0 Å². The molecular weight excluding hydrogens is 284 g/mol. The van der Waals surface area contributed by atoms with Crippen molar-refractivity contribution in [1.29, 1.82) is 0 Å². The lowest BCUT2D eigenvalue weighted by Gasteiger charge is -2.18. The maximum absolute atomic E-state index is 6.46. The highest BCUT2D eigenvalue weighted by Crippen LogP contribution is 2.25. The van der Waals surface area contributed by atoms with Crippen LogP contribution >= 0.6 is 11.6 Å². The molecule has 4 nitrogen and oxygen atoms in total. The third-order valence-corrected chi connectivity index (χ3v) is 4.02. The van der Waals surface area contributed by atoms with Gasteiger partial charge in [0, 0.05) is 19.7 Å². The van der Waals surface area contributed by atoms with Gasteiger partial charge >= 0.3 is 0 Å². The van der Waals surface area contributed by atoms with Crippen LogP contribution in [0, 0.1) is 0 Å². The zero-order valence-electron chi connectivity index (χ0n) is 12.9. The maximum Gasteiger partial charge on any atom is 0.0850 e. The van der Waals surface area contributed by atoms with Crippen LogP contribution in [0.25, 0.3) is 0 Å². The van der Waals surface area contributed by atoms with E-state index in [9.17, 15) is 0 Å². The van der Waals surface area contributed by atoms with Gasteiger partial charge in [-0.25, -0.2) is 0 Å². The lowest BCUT2D eigenvalue weighted by atomic mass is 10.1. The first kappa shape index (κ1) is 16.0. The van der Waals surface area contributed by atoms with E-state index in [0.717, 1.165) is 47.9 Å². The number of nitrogens with one attached hydrogen (secondary N) is 1. The van der Waals surface area contributed by atoms with E-state index < -0.39 is 0 Å². The molecule has 2 rings (SSSR count). The molecule has 0 bridgehead atoms. The molecule has 2 aromatic heterocycles. The maximum atomic E-state index is 6.46. The highest BCUT2D eigenvalue weighted by Gasteiger charge is 2.19. The number of nitrogens with zero attached hydrogens (tertiary/aromatic N) is 3. The van der Waals surface area contributed by atoms with E-state index in [0.29, 0.717) is 0 Å². The average molecular weight is 307 g/mol. The summed E-state index contributed by atoms with van der Waals surface area (Å²) in [5.74, 6) is 0. The van der Waals surface area contributed by atoms with E-state index in [-0.39, 0.29) is 6.04 Å². The number of rotatable bonds is 7. The van der Waals surface area contributed by atoms with E-state index in [1.165, 1.54) is 0 Å². The largest absolute Gasteiger partial charge is 0.308 e. The fraction of sp³-hybridized carbons (Fsp3) is 0.500. The van der Waals surface area contributed by atoms with Crippen LogP contribution in [0.15, 0.2) is 24.4 Å². The Labute approximate surface area is 131 Å². The number of halogens is 1. The van der Waals surface area contributed by atoms with Gasteiger partial charge < -0.3 is 5.32 Å². The monoisotopic (exact) mass is 306 g/mol. The van der Waals surface area contributed by atoms with Crippen molar-refractivity contribution in [1.82, 2.24) is 20.1 Å². The van der Waals surface area contributed by atoms with Crippen LogP contribution in [0.2, 0.25) is 5.02 Å². The van der Waals surface area contributed by atoms with Gasteiger partial charge in [-0.1, -0.05) is 31.5 Å². The van der Waals surface area contributed by atoms with Crippen molar-refractivity contribution < 1.29 is 0 Å². The van der Waals surface area contributed by atoms with Crippen LogP contribution in [0.1, 0.15) is 43.4 Å². The Hall–Kier alpha value is -1.39. The summed E-state index contributed by atoms with van der Waals surface area (Å²) in [7, 11) is 1.95. The van der Waals surface area contributed by atoms with E-state index in [4.69, 9.17) is 11.6 Å². The van der Waals surface area contributed by atoms with Gasteiger partial charge in [0.1, 0.15) is 0 Å². The van der Waals surface area contributed by atoms with Gasteiger partial charge in [-0.2, -0.15) is 5.10 Å². The second kappa shape index (κ2) is 7.57. The van der Waals surface area contributed by atoms with E-state index in [1.807, 2.05) is 30.1 Å². The SMILES string of the molecule is CCCNC(Cc1c(Cl)c(CC)nn1C)c1ccccn1. The van der Waals surface area contributed by atoms with Crippen molar-refractivity contribution in [2.45, 2.75) is 39.2 Å². The molecule has 0 amide bonds. The minimum atomic E-state index is 0.156. The lowest BCUT2D eigenvalue weighted by Crippen LogP contribution is -2.25. The standard InChI is InChI=1S/C16H23ClN4/c1-4-9-18-14(13-8-6-7-10-19-13)11-15-16(17)12(5-2)20-21(15)3/h6-8,10,14,18H,4-5,9,11H2,1-3H3. The summed E-state index contributed by atoms with van der Waals surface area (Å²) >= 11 is 6.46. The normalized spacial score (nSPS) is 12.6. The molecule has 0 aromatic carbocycles. The number of hydrogen-bond acceptors (Lipinski definition) is 3. The molecule has 2 heterocycles. The molecule has 114 valence electrons.